The van der Waals surface area contributed by atoms with Crippen LogP contribution in [-0.4, -0.2) is 45.9 Å². The predicted molar refractivity (Wildman–Crippen MR) is 102 cm³/mol. The van der Waals surface area contributed by atoms with E-state index < -0.39 is 0 Å². The summed E-state index contributed by atoms with van der Waals surface area (Å²) in [7, 11) is 0. The molecule has 7 nitrogen and oxygen atoms in total. The van der Waals surface area contributed by atoms with Gasteiger partial charge in [-0.25, -0.2) is 4.98 Å². The van der Waals surface area contributed by atoms with Crippen LogP contribution < -0.4 is 10.9 Å². The van der Waals surface area contributed by atoms with Gasteiger partial charge in [0.1, 0.15) is 0 Å². The van der Waals surface area contributed by atoms with Crippen LogP contribution in [0.3, 0.4) is 0 Å². The number of likely N-dealkylation sites (tertiary alicyclic amines) is 1. The van der Waals surface area contributed by atoms with Crippen molar-refractivity contribution in [2.45, 2.75) is 58.4 Å². The molecule has 2 aliphatic heterocycles. The van der Waals surface area contributed by atoms with E-state index in [4.69, 9.17) is 0 Å². The summed E-state index contributed by atoms with van der Waals surface area (Å²) in [6.07, 6.45) is 4.51. The van der Waals surface area contributed by atoms with Crippen LogP contribution in [0.15, 0.2) is 17.2 Å². The van der Waals surface area contributed by atoms with Crippen molar-refractivity contribution >= 4 is 11.8 Å². The zero-order valence-electron chi connectivity index (χ0n) is 16.5. The van der Waals surface area contributed by atoms with Crippen molar-refractivity contribution in [3.8, 4) is 0 Å². The van der Waals surface area contributed by atoms with Gasteiger partial charge in [-0.15, -0.1) is 0 Å². The molecule has 1 atom stereocenters. The molecule has 3 heterocycles. The van der Waals surface area contributed by atoms with Gasteiger partial charge in [0.05, 0.1) is 17.9 Å². The van der Waals surface area contributed by atoms with Gasteiger partial charge in [0.2, 0.25) is 11.8 Å². The predicted octanol–water partition coefficient (Wildman–Crippen LogP) is 1.31. The number of nitrogens with zero attached hydrogens (tertiary/aromatic N) is 3. The zero-order chi connectivity index (χ0) is 19.6. The first kappa shape index (κ1) is 19.6. The summed E-state index contributed by atoms with van der Waals surface area (Å²) in [6.45, 7) is 8.68. The number of piperidine rings is 2. The highest BCUT2D eigenvalue weighted by Crippen LogP contribution is 2.23. The molecule has 0 aliphatic carbocycles. The molecule has 0 saturated carbocycles. The van der Waals surface area contributed by atoms with Crippen molar-refractivity contribution < 1.29 is 9.59 Å². The van der Waals surface area contributed by atoms with Crippen molar-refractivity contribution in [1.82, 2.24) is 19.8 Å². The molecule has 0 bridgehead atoms. The lowest BCUT2D eigenvalue weighted by molar-refractivity contribution is -0.138. The monoisotopic (exact) mass is 374 g/mol. The van der Waals surface area contributed by atoms with Crippen LogP contribution >= 0.6 is 0 Å². The van der Waals surface area contributed by atoms with Gasteiger partial charge in [0.15, 0.2) is 0 Å². The Morgan fingerprint density at radius 3 is 2.48 bits per heavy atom. The number of rotatable bonds is 3. The van der Waals surface area contributed by atoms with Gasteiger partial charge in [-0.2, -0.15) is 0 Å². The van der Waals surface area contributed by atoms with Crippen LogP contribution in [0.4, 0.5) is 0 Å². The minimum Gasteiger partial charge on any atom is -0.355 e. The Hall–Kier alpha value is -2.18. The fourth-order valence-corrected chi connectivity index (χ4v) is 3.79. The Morgan fingerprint density at radius 1 is 1.22 bits per heavy atom. The summed E-state index contributed by atoms with van der Waals surface area (Å²) in [6, 6.07) is 1.63. The average molecular weight is 374 g/mol. The third kappa shape index (κ3) is 4.76. The van der Waals surface area contributed by atoms with Crippen molar-refractivity contribution in [2.75, 3.05) is 19.6 Å². The molecule has 2 saturated heterocycles. The molecule has 1 N–H and O–H groups in total. The van der Waals surface area contributed by atoms with Gasteiger partial charge in [-0.1, -0.05) is 20.8 Å². The minimum atomic E-state index is -0.136. The van der Waals surface area contributed by atoms with Crippen LogP contribution in [0, 0.1) is 11.8 Å². The van der Waals surface area contributed by atoms with E-state index in [0.29, 0.717) is 31.8 Å². The summed E-state index contributed by atoms with van der Waals surface area (Å²) < 4.78 is 1.69. The van der Waals surface area contributed by atoms with E-state index in [0.717, 1.165) is 31.6 Å². The normalized spacial score (nSPS) is 21.8. The molecule has 0 spiro atoms. The number of nitrogens with one attached hydrogen (secondary N) is 1. The molecule has 148 valence electrons. The topological polar surface area (TPSA) is 84.3 Å². The highest BCUT2D eigenvalue weighted by Gasteiger charge is 2.31. The molecule has 3 rings (SSSR count). The Kier molecular flexibility index (Phi) is 5.67. The SMILES string of the molecule is CC(C)(C)c1cc(=O)n(CC2CCN(C(=O)C3CCC(=O)NC3)CC2)cn1. The maximum Gasteiger partial charge on any atom is 0.253 e. The molecular weight excluding hydrogens is 344 g/mol. The van der Waals surface area contributed by atoms with E-state index in [1.807, 2.05) is 25.7 Å². The fraction of sp³-hybridized carbons (Fsp3) is 0.700. The lowest BCUT2D eigenvalue weighted by atomic mass is 9.92. The van der Waals surface area contributed by atoms with Gasteiger partial charge in [-0.05, 0) is 25.2 Å². The minimum absolute atomic E-state index is 0.00798. The largest absolute Gasteiger partial charge is 0.355 e. The number of amides is 2. The van der Waals surface area contributed by atoms with Gasteiger partial charge in [0.25, 0.3) is 5.56 Å². The van der Waals surface area contributed by atoms with E-state index >= 15 is 0 Å². The van der Waals surface area contributed by atoms with Crippen LogP contribution in [0.25, 0.3) is 0 Å². The molecule has 1 unspecified atom stereocenters. The van der Waals surface area contributed by atoms with Crippen molar-refractivity contribution in [2.24, 2.45) is 11.8 Å². The molecule has 1 aromatic rings. The summed E-state index contributed by atoms with van der Waals surface area (Å²) in [5.74, 6) is 0.479. The molecule has 27 heavy (non-hydrogen) atoms. The van der Waals surface area contributed by atoms with E-state index in [1.54, 1.807) is 17.0 Å². The van der Waals surface area contributed by atoms with E-state index in [2.05, 4.69) is 10.3 Å². The summed E-state index contributed by atoms with van der Waals surface area (Å²) >= 11 is 0. The van der Waals surface area contributed by atoms with Crippen LogP contribution in [0.5, 0.6) is 0 Å². The second kappa shape index (κ2) is 7.82. The third-order valence-electron chi connectivity index (χ3n) is 5.64. The number of carbonyl (C=O) groups excluding carboxylic acids is 2. The molecule has 0 aromatic carbocycles. The first-order valence-electron chi connectivity index (χ1n) is 9.86. The molecule has 2 aliphatic rings. The average Bonchev–Trinajstić information content (AvgIpc) is 2.63. The lowest BCUT2D eigenvalue weighted by Gasteiger charge is -2.35. The van der Waals surface area contributed by atoms with Gasteiger partial charge in [0, 0.05) is 44.1 Å². The van der Waals surface area contributed by atoms with Gasteiger partial charge in [-0.3, -0.25) is 19.0 Å². The van der Waals surface area contributed by atoms with Crippen LogP contribution in [-0.2, 0) is 21.5 Å². The molecular formula is C20H30N4O3. The molecule has 2 fully saturated rings. The summed E-state index contributed by atoms with van der Waals surface area (Å²) in [5.41, 5.74) is 0.665. The van der Waals surface area contributed by atoms with Crippen LogP contribution in [0.2, 0.25) is 0 Å². The number of aromatic nitrogens is 2. The Bertz CT molecular complexity index is 747. The Labute approximate surface area is 160 Å². The van der Waals surface area contributed by atoms with Crippen molar-refractivity contribution in [1.29, 1.82) is 0 Å². The maximum absolute atomic E-state index is 12.6. The van der Waals surface area contributed by atoms with Crippen molar-refractivity contribution in [3.05, 3.63) is 28.4 Å². The quantitative estimate of drug-likeness (QED) is 0.864. The highest BCUT2D eigenvalue weighted by atomic mass is 16.2. The number of hydrogen-bond acceptors (Lipinski definition) is 4. The second-order valence-electron chi connectivity index (χ2n) is 8.82. The maximum atomic E-state index is 12.6. The summed E-state index contributed by atoms with van der Waals surface area (Å²) in [5, 5.41) is 2.78. The molecule has 1 aromatic heterocycles. The Balaban J connectivity index is 1.53. The molecule has 7 heteroatoms. The van der Waals surface area contributed by atoms with Crippen molar-refractivity contribution in [3.63, 3.8) is 0 Å². The number of carbonyl (C=O) groups is 2. The highest BCUT2D eigenvalue weighted by molar-refractivity contribution is 5.83. The molecule has 0 radical (unpaired) electrons. The van der Waals surface area contributed by atoms with E-state index in [1.165, 1.54) is 0 Å². The van der Waals surface area contributed by atoms with E-state index in [9.17, 15) is 14.4 Å². The zero-order valence-corrected chi connectivity index (χ0v) is 16.5. The number of hydrogen-bond donors (Lipinski definition) is 1. The third-order valence-corrected chi connectivity index (χ3v) is 5.64. The van der Waals surface area contributed by atoms with E-state index in [-0.39, 0.29) is 28.7 Å². The first-order chi connectivity index (χ1) is 12.7. The molecule has 2 amide bonds. The lowest BCUT2D eigenvalue weighted by Crippen LogP contribution is -2.47. The van der Waals surface area contributed by atoms with Crippen LogP contribution in [0.1, 0.15) is 52.1 Å². The Morgan fingerprint density at radius 2 is 1.93 bits per heavy atom. The van der Waals surface area contributed by atoms with Gasteiger partial charge < -0.3 is 10.2 Å². The standard InChI is InChI=1S/C20H30N4O3/c1-20(2,3)16-10-18(26)24(13-22-16)12-14-6-8-23(9-7-14)19(27)15-4-5-17(25)21-11-15/h10,13-15H,4-9,11-12H2,1-3H3,(H,21,25). The first-order valence-corrected chi connectivity index (χ1v) is 9.86. The second-order valence-corrected chi connectivity index (χ2v) is 8.82. The summed E-state index contributed by atoms with van der Waals surface area (Å²) in [4.78, 5) is 42.6. The smallest absolute Gasteiger partial charge is 0.253 e. The fourth-order valence-electron chi connectivity index (χ4n) is 3.79. The van der Waals surface area contributed by atoms with Gasteiger partial charge >= 0.3 is 0 Å².